The summed E-state index contributed by atoms with van der Waals surface area (Å²) in [6.45, 7) is 4.30. The number of benzene rings is 1. The van der Waals surface area contributed by atoms with Crippen LogP contribution in [0, 0.1) is 5.82 Å². The van der Waals surface area contributed by atoms with Gasteiger partial charge in [-0.2, -0.15) is 0 Å². The summed E-state index contributed by atoms with van der Waals surface area (Å²) in [5.74, 6) is -0.159. The molecule has 0 aliphatic carbocycles. The Hall–Kier alpha value is -1.35. The van der Waals surface area contributed by atoms with Crippen LogP contribution in [0.3, 0.4) is 0 Å². The van der Waals surface area contributed by atoms with E-state index in [0.29, 0.717) is 12.1 Å². The Balaban J connectivity index is 2.27. The topological polar surface area (TPSA) is 27.8 Å². The zero-order chi connectivity index (χ0) is 11.3. The van der Waals surface area contributed by atoms with E-state index >= 15 is 0 Å². The molecule has 2 aromatic rings. The Labute approximate surface area is 93.9 Å². The number of hydrogen-bond donors (Lipinski definition) is 2. The van der Waals surface area contributed by atoms with Crippen LogP contribution in [0.15, 0.2) is 18.2 Å². The van der Waals surface area contributed by atoms with Crippen LogP contribution in [0.5, 0.6) is 0 Å². The third-order valence-corrected chi connectivity index (χ3v) is 3.38. The van der Waals surface area contributed by atoms with Crippen LogP contribution < -0.4 is 5.32 Å². The fourth-order valence-electron chi connectivity index (χ4n) is 2.71. The lowest BCUT2D eigenvalue weighted by Crippen LogP contribution is -2.35. The molecule has 2 N–H and O–H groups in total. The van der Waals surface area contributed by atoms with Gasteiger partial charge in [0.1, 0.15) is 5.82 Å². The first kappa shape index (κ1) is 9.85. The van der Waals surface area contributed by atoms with E-state index in [4.69, 9.17) is 0 Å². The van der Waals surface area contributed by atoms with Crippen molar-refractivity contribution in [2.45, 2.75) is 32.4 Å². The van der Waals surface area contributed by atoms with Gasteiger partial charge < -0.3 is 10.3 Å². The molecule has 1 aromatic carbocycles. The number of halogens is 1. The molecular formula is C13H15FN2. The minimum atomic E-state index is -0.159. The van der Waals surface area contributed by atoms with E-state index in [9.17, 15) is 4.39 Å². The average Bonchev–Trinajstić information content (AvgIpc) is 2.57. The molecule has 1 aliphatic heterocycles. The summed E-state index contributed by atoms with van der Waals surface area (Å²) in [6, 6.07) is 5.72. The summed E-state index contributed by atoms with van der Waals surface area (Å²) in [4.78, 5) is 3.38. The second-order valence-corrected chi connectivity index (χ2v) is 4.70. The van der Waals surface area contributed by atoms with Crippen molar-refractivity contribution in [1.82, 2.24) is 10.3 Å². The Morgan fingerprint density at radius 3 is 2.94 bits per heavy atom. The monoisotopic (exact) mass is 218 g/mol. The number of hydrogen-bond acceptors (Lipinski definition) is 1. The normalized spacial score (nSPS) is 24.7. The summed E-state index contributed by atoms with van der Waals surface area (Å²) in [7, 11) is 0. The lowest BCUT2D eigenvalue weighted by Gasteiger charge is -2.26. The fourth-order valence-corrected chi connectivity index (χ4v) is 2.71. The molecule has 16 heavy (non-hydrogen) atoms. The van der Waals surface area contributed by atoms with Crippen LogP contribution >= 0.6 is 0 Å². The molecule has 0 spiro atoms. The molecule has 84 valence electrons. The van der Waals surface area contributed by atoms with E-state index in [-0.39, 0.29) is 5.82 Å². The van der Waals surface area contributed by atoms with Crippen molar-refractivity contribution in [1.29, 1.82) is 0 Å². The molecule has 0 amide bonds. The maximum absolute atomic E-state index is 13.2. The molecule has 2 atom stereocenters. The molecule has 0 saturated carbocycles. The molecule has 0 bridgehead atoms. The molecule has 0 saturated heterocycles. The first-order valence-corrected chi connectivity index (χ1v) is 5.71. The quantitative estimate of drug-likeness (QED) is 0.699. The van der Waals surface area contributed by atoms with E-state index < -0.39 is 0 Å². The molecule has 1 aliphatic rings. The predicted molar refractivity (Wildman–Crippen MR) is 63.0 cm³/mol. The van der Waals surface area contributed by atoms with Crippen LogP contribution in [-0.2, 0) is 6.42 Å². The van der Waals surface area contributed by atoms with Gasteiger partial charge in [0.15, 0.2) is 0 Å². The Bertz CT molecular complexity index is 544. The van der Waals surface area contributed by atoms with E-state index in [2.05, 4.69) is 24.1 Å². The van der Waals surface area contributed by atoms with Gasteiger partial charge in [-0.15, -0.1) is 0 Å². The van der Waals surface area contributed by atoms with Crippen LogP contribution in [0.2, 0.25) is 0 Å². The number of aromatic amines is 1. The largest absolute Gasteiger partial charge is 0.357 e. The first-order valence-electron chi connectivity index (χ1n) is 5.71. The van der Waals surface area contributed by atoms with Gasteiger partial charge in [-0.1, -0.05) is 0 Å². The maximum Gasteiger partial charge on any atom is 0.123 e. The number of H-pyrrole nitrogens is 1. The van der Waals surface area contributed by atoms with E-state index in [0.717, 1.165) is 17.3 Å². The Morgan fingerprint density at radius 2 is 2.12 bits per heavy atom. The van der Waals surface area contributed by atoms with Gasteiger partial charge in [0, 0.05) is 28.7 Å². The predicted octanol–water partition coefficient (Wildman–Crippen LogP) is 2.90. The lowest BCUT2D eigenvalue weighted by molar-refractivity contribution is 0.441. The number of nitrogens with one attached hydrogen (secondary N) is 2. The highest BCUT2D eigenvalue weighted by atomic mass is 19.1. The van der Waals surface area contributed by atoms with Gasteiger partial charge >= 0.3 is 0 Å². The van der Waals surface area contributed by atoms with Crippen LogP contribution in [0.25, 0.3) is 10.9 Å². The van der Waals surface area contributed by atoms with Gasteiger partial charge in [0.05, 0.1) is 0 Å². The van der Waals surface area contributed by atoms with Crippen molar-refractivity contribution in [2.75, 3.05) is 0 Å². The average molecular weight is 218 g/mol. The van der Waals surface area contributed by atoms with Crippen LogP contribution in [0.4, 0.5) is 4.39 Å². The van der Waals surface area contributed by atoms with Gasteiger partial charge in [0.2, 0.25) is 0 Å². The molecule has 3 rings (SSSR count). The third kappa shape index (κ3) is 1.35. The van der Waals surface area contributed by atoms with E-state index in [1.807, 2.05) is 6.07 Å². The summed E-state index contributed by atoms with van der Waals surface area (Å²) in [5.41, 5.74) is 3.51. The van der Waals surface area contributed by atoms with Gasteiger partial charge in [-0.25, -0.2) is 4.39 Å². The van der Waals surface area contributed by atoms with Gasteiger partial charge in [-0.05, 0) is 44.0 Å². The standard InChI is InChI=1S/C13H15FN2/c1-7-5-11-10-6-9(14)3-4-12(10)16-13(11)8(2)15-7/h3-4,6-8,15-16H,5H2,1-2H3/t7-,8-/m1/s1. The highest BCUT2D eigenvalue weighted by molar-refractivity contribution is 5.85. The molecule has 1 aromatic heterocycles. The van der Waals surface area contributed by atoms with Gasteiger partial charge in [0.25, 0.3) is 0 Å². The van der Waals surface area contributed by atoms with Crippen molar-refractivity contribution in [3.63, 3.8) is 0 Å². The smallest absolute Gasteiger partial charge is 0.123 e. The molecule has 2 nitrogen and oxygen atoms in total. The van der Waals surface area contributed by atoms with Crippen molar-refractivity contribution in [2.24, 2.45) is 0 Å². The van der Waals surface area contributed by atoms with Crippen LogP contribution in [0.1, 0.15) is 31.1 Å². The lowest BCUT2D eigenvalue weighted by atomic mass is 9.95. The second kappa shape index (κ2) is 3.32. The van der Waals surface area contributed by atoms with E-state index in [1.165, 1.54) is 17.3 Å². The van der Waals surface area contributed by atoms with E-state index in [1.54, 1.807) is 6.07 Å². The minimum absolute atomic E-state index is 0.159. The molecule has 3 heteroatoms. The van der Waals surface area contributed by atoms with Crippen LogP contribution in [-0.4, -0.2) is 11.0 Å². The SMILES string of the molecule is C[C@@H]1Cc2c([nH]c3ccc(F)cc23)[C@@H](C)N1. The highest BCUT2D eigenvalue weighted by Gasteiger charge is 2.24. The molecule has 0 unspecified atom stereocenters. The second-order valence-electron chi connectivity index (χ2n) is 4.70. The summed E-state index contributed by atoms with van der Waals surface area (Å²) in [6.07, 6.45) is 0.961. The summed E-state index contributed by atoms with van der Waals surface area (Å²) >= 11 is 0. The Kier molecular flexibility index (Phi) is 2.04. The first-order chi connectivity index (χ1) is 7.65. The molecule has 0 fully saturated rings. The highest BCUT2D eigenvalue weighted by Crippen LogP contribution is 2.31. The van der Waals surface area contributed by atoms with Crippen molar-refractivity contribution >= 4 is 10.9 Å². The molecular weight excluding hydrogens is 203 g/mol. The maximum atomic E-state index is 13.2. The fraction of sp³-hybridized carbons (Fsp3) is 0.385. The number of aromatic nitrogens is 1. The molecule has 2 heterocycles. The molecule has 0 radical (unpaired) electrons. The number of fused-ring (bicyclic) bond motifs is 3. The zero-order valence-electron chi connectivity index (χ0n) is 9.47. The van der Waals surface area contributed by atoms with Gasteiger partial charge in [-0.3, -0.25) is 0 Å². The summed E-state index contributed by atoms with van der Waals surface area (Å²) < 4.78 is 13.2. The van der Waals surface area contributed by atoms with Crippen molar-refractivity contribution in [3.05, 3.63) is 35.3 Å². The van der Waals surface area contributed by atoms with Crippen molar-refractivity contribution in [3.8, 4) is 0 Å². The third-order valence-electron chi connectivity index (χ3n) is 3.38. The Morgan fingerprint density at radius 1 is 1.31 bits per heavy atom. The summed E-state index contributed by atoms with van der Waals surface area (Å²) in [5, 5.41) is 4.52. The minimum Gasteiger partial charge on any atom is -0.357 e. The number of rotatable bonds is 0. The van der Waals surface area contributed by atoms with Crippen molar-refractivity contribution < 1.29 is 4.39 Å². The zero-order valence-corrected chi connectivity index (χ0v) is 9.47.